The summed E-state index contributed by atoms with van der Waals surface area (Å²) in [6.07, 6.45) is 1.38. The number of rotatable bonds is 4. The van der Waals surface area contributed by atoms with Crippen LogP contribution in [0.4, 0.5) is 5.82 Å². The summed E-state index contributed by atoms with van der Waals surface area (Å²) in [5, 5.41) is 16.2. The molecule has 0 radical (unpaired) electrons. The molecule has 2 aromatic carbocycles. The van der Waals surface area contributed by atoms with E-state index in [1.165, 1.54) is 6.33 Å². The van der Waals surface area contributed by atoms with Gasteiger partial charge in [-0.2, -0.15) is 5.10 Å². The fraction of sp³-hybridized carbons (Fsp3) is 0.167. The van der Waals surface area contributed by atoms with E-state index in [9.17, 15) is 9.90 Å². The molecular weight excluding hydrogens is 404 g/mol. The summed E-state index contributed by atoms with van der Waals surface area (Å²) in [7, 11) is 0. The number of nitrogens with zero attached hydrogens (tertiary/aromatic N) is 5. The number of phenolic OH excluding ortho intramolecular Hbond substituents is 1. The maximum atomic E-state index is 13.4. The van der Waals surface area contributed by atoms with Crippen molar-refractivity contribution in [2.45, 2.75) is 26.4 Å². The van der Waals surface area contributed by atoms with Crippen molar-refractivity contribution in [2.24, 2.45) is 0 Å². The number of benzene rings is 2. The lowest BCUT2D eigenvalue weighted by atomic mass is 10.1. The molecule has 3 heterocycles. The van der Waals surface area contributed by atoms with E-state index in [1.807, 2.05) is 50.2 Å². The SMILES string of the molecule is CC(C)n1c(=O)c(Cn2nc(-c3cccc(O)c3)c3c(N)ncnc32)cc2ccccc21. The standard InChI is InChI=1S/C24H22N6O2/c1-14(2)30-19-9-4-3-6-15(19)10-17(24(30)32)12-29-23-20(22(25)26-13-27-23)21(28-29)16-7-5-8-18(31)11-16/h3-11,13-14,31H,12H2,1-2H3,(H2,25,26,27). The molecular formula is C24H22N6O2. The van der Waals surface area contributed by atoms with E-state index in [-0.39, 0.29) is 29.7 Å². The van der Waals surface area contributed by atoms with Crippen LogP contribution in [0.3, 0.4) is 0 Å². The topological polar surface area (TPSA) is 112 Å². The van der Waals surface area contributed by atoms with Gasteiger partial charge in [-0.05, 0) is 43.5 Å². The number of aromatic hydroxyl groups is 1. The minimum absolute atomic E-state index is 0.00235. The molecule has 0 saturated carbocycles. The van der Waals surface area contributed by atoms with Crippen molar-refractivity contribution >= 4 is 27.8 Å². The molecule has 5 aromatic rings. The summed E-state index contributed by atoms with van der Waals surface area (Å²) in [5.74, 6) is 0.410. The van der Waals surface area contributed by atoms with E-state index in [4.69, 9.17) is 10.8 Å². The molecule has 0 saturated heterocycles. The number of anilines is 1. The Morgan fingerprint density at radius 1 is 1.06 bits per heavy atom. The van der Waals surface area contributed by atoms with Gasteiger partial charge in [0.2, 0.25) is 0 Å². The molecule has 5 rings (SSSR count). The second-order valence-corrected chi connectivity index (χ2v) is 8.01. The predicted octanol–water partition coefficient (Wildman–Crippen LogP) is 3.73. The van der Waals surface area contributed by atoms with Gasteiger partial charge in [-0.1, -0.05) is 30.3 Å². The van der Waals surface area contributed by atoms with Gasteiger partial charge in [0.25, 0.3) is 5.56 Å². The van der Waals surface area contributed by atoms with Crippen molar-refractivity contribution < 1.29 is 5.11 Å². The largest absolute Gasteiger partial charge is 0.508 e. The molecule has 0 fully saturated rings. The zero-order chi connectivity index (χ0) is 22.4. The Bertz CT molecular complexity index is 1530. The lowest BCUT2D eigenvalue weighted by molar-refractivity contribution is 0.475. The zero-order valence-electron chi connectivity index (χ0n) is 17.7. The van der Waals surface area contributed by atoms with Crippen LogP contribution in [0.25, 0.3) is 33.2 Å². The van der Waals surface area contributed by atoms with Crippen LogP contribution >= 0.6 is 0 Å². The average molecular weight is 426 g/mol. The molecule has 0 amide bonds. The van der Waals surface area contributed by atoms with E-state index >= 15 is 0 Å². The molecule has 8 nitrogen and oxygen atoms in total. The molecule has 0 spiro atoms. The van der Waals surface area contributed by atoms with Crippen molar-refractivity contribution in [2.75, 3.05) is 5.73 Å². The Morgan fingerprint density at radius 2 is 1.88 bits per heavy atom. The first-order valence-electron chi connectivity index (χ1n) is 10.3. The summed E-state index contributed by atoms with van der Waals surface area (Å²) in [4.78, 5) is 21.9. The minimum atomic E-state index is -0.0664. The van der Waals surface area contributed by atoms with E-state index < -0.39 is 0 Å². The number of nitrogen functional groups attached to an aromatic ring is 1. The predicted molar refractivity (Wildman–Crippen MR) is 125 cm³/mol. The molecule has 0 bridgehead atoms. The summed E-state index contributed by atoms with van der Waals surface area (Å²) in [5.41, 5.74) is 9.37. The van der Waals surface area contributed by atoms with Crippen LogP contribution in [-0.4, -0.2) is 29.4 Å². The third-order valence-electron chi connectivity index (χ3n) is 5.53. The molecule has 0 atom stereocenters. The maximum absolute atomic E-state index is 13.4. The Kier molecular flexibility index (Phi) is 4.62. The van der Waals surface area contributed by atoms with Gasteiger partial charge >= 0.3 is 0 Å². The first kappa shape index (κ1) is 19.7. The summed E-state index contributed by atoms with van der Waals surface area (Å²) in [6.45, 7) is 4.21. The molecule has 160 valence electrons. The van der Waals surface area contributed by atoms with E-state index in [2.05, 4.69) is 9.97 Å². The molecule has 3 aromatic heterocycles. The highest BCUT2D eigenvalue weighted by Crippen LogP contribution is 2.32. The van der Waals surface area contributed by atoms with Crippen LogP contribution in [0, 0.1) is 0 Å². The van der Waals surface area contributed by atoms with E-state index in [0.29, 0.717) is 27.9 Å². The van der Waals surface area contributed by atoms with Gasteiger partial charge in [0.05, 0.1) is 17.4 Å². The highest BCUT2D eigenvalue weighted by molar-refractivity contribution is 5.98. The molecule has 0 unspecified atom stereocenters. The van der Waals surface area contributed by atoms with E-state index in [0.717, 1.165) is 10.9 Å². The maximum Gasteiger partial charge on any atom is 0.256 e. The lowest BCUT2D eigenvalue weighted by Crippen LogP contribution is -2.27. The van der Waals surface area contributed by atoms with Crippen LogP contribution in [0.15, 0.2) is 65.7 Å². The van der Waals surface area contributed by atoms with Crippen molar-refractivity contribution in [3.63, 3.8) is 0 Å². The summed E-state index contributed by atoms with van der Waals surface area (Å²) >= 11 is 0. The average Bonchev–Trinajstić information content (AvgIpc) is 3.14. The number of fused-ring (bicyclic) bond motifs is 2. The number of pyridine rings is 1. The first-order valence-corrected chi connectivity index (χ1v) is 10.3. The van der Waals surface area contributed by atoms with Crippen LogP contribution in [-0.2, 0) is 6.54 Å². The van der Waals surface area contributed by atoms with Gasteiger partial charge in [0.1, 0.15) is 23.6 Å². The van der Waals surface area contributed by atoms with Gasteiger partial charge < -0.3 is 15.4 Å². The van der Waals surface area contributed by atoms with Gasteiger partial charge in [-0.25, -0.2) is 14.6 Å². The molecule has 32 heavy (non-hydrogen) atoms. The van der Waals surface area contributed by atoms with E-state index in [1.54, 1.807) is 27.4 Å². The summed E-state index contributed by atoms with van der Waals surface area (Å²) in [6, 6.07) is 16.5. The third-order valence-corrected chi connectivity index (χ3v) is 5.53. The molecule has 0 aliphatic heterocycles. The minimum Gasteiger partial charge on any atom is -0.508 e. The van der Waals surface area contributed by atoms with Gasteiger partial charge in [0, 0.05) is 17.2 Å². The van der Waals surface area contributed by atoms with Crippen LogP contribution in [0.5, 0.6) is 5.75 Å². The number of hydrogen-bond acceptors (Lipinski definition) is 6. The molecule has 0 aliphatic carbocycles. The fourth-order valence-electron chi connectivity index (χ4n) is 4.13. The quantitative estimate of drug-likeness (QED) is 0.453. The third kappa shape index (κ3) is 3.17. The van der Waals surface area contributed by atoms with Crippen molar-refractivity contribution in [3.05, 3.63) is 76.8 Å². The fourth-order valence-corrected chi connectivity index (χ4v) is 4.13. The first-order chi connectivity index (χ1) is 15.4. The van der Waals surface area contributed by atoms with Crippen molar-refractivity contribution in [3.8, 4) is 17.0 Å². The van der Waals surface area contributed by atoms with Crippen LogP contribution in [0.1, 0.15) is 25.5 Å². The number of hydrogen-bond donors (Lipinski definition) is 2. The Labute approximate surface area is 183 Å². The molecule has 3 N–H and O–H groups in total. The van der Waals surface area contributed by atoms with Crippen LogP contribution < -0.4 is 11.3 Å². The number of para-hydroxylation sites is 1. The highest BCUT2D eigenvalue weighted by Gasteiger charge is 2.19. The smallest absolute Gasteiger partial charge is 0.256 e. The van der Waals surface area contributed by atoms with Gasteiger partial charge in [-0.15, -0.1) is 0 Å². The summed E-state index contributed by atoms with van der Waals surface area (Å²) < 4.78 is 3.47. The number of nitrogens with two attached hydrogens (primary N) is 1. The molecule has 8 heteroatoms. The van der Waals surface area contributed by atoms with Crippen molar-refractivity contribution in [1.29, 1.82) is 0 Å². The van der Waals surface area contributed by atoms with Crippen LogP contribution in [0.2, 0.25) is 0 Å². The molecule has 0 aliphatic rings. The van der Waals surface area contributed by atoms with Crippen molar-refractivity contribution in [1.82, 2.24) is 24.3 Å². The Balaban J connectivity index is 1.73. The monoisotopic (exact) mass is 426 g/mol. The van der Waals surface area contributed by atoms with Gasteiger partial charge in [0.15, 0.2) is 5.65 Å². The highest BCUT2D eigenvalue weighted by atomic mass is 16.3. The number of phenols is 1. The van der Waals surface area contributed by atoms with Gasteiger partial charge in [-0.3, -0.25) is 4.79 Å². The second kappa shape index (κ2) is 7.49. The number of aromatic nitrogens is 5. The second-order valence-electron chi connectivity index (χ2n) is 8.01. The normalized spacial score (nSPS) is 11.6. The lowest BCUT2D eigenvalue weighted by Gasteiger charge is -2.16. The zero-order valence-corrected chi connectivity index (χ0v) is 17.7. The Morgan fingerprint density at radius 3 is 2.66 bits per heavy atom. The Hall–Kier alpha value is -4.20.